The number of hydrogen-bond donors (Lipinski definition) is 1. The van der Waals surface area contributed by atoms with Crippen molar-refractivity contribution in [3.63, 3.8) is 0 Å². The number of piperazine rings is 1. The maximum atomic E-state index is 15.2. The summed E-state index contributed by atoms with van der Waals surface area (Å²) in [5, 5.41) is 4.34. The maximum Gasteiger partial charge on any atom is 0.254 e. The van der Waals surface area contributed by atoms with Crippen LogP contribution >= 0.6 is 11.3 Å². The van der Waals surface area contributed by atoms with Crippen molar-refractivity contribution < 1.29 is 14.0 Å². The molecule has 0 aliphatic carbocycles. The first-order valence-electron chi connectivity index (χ1n) is 11.8. The van der Waals surface area contributed by atoms with Gasteiger partial charge in [-0.25, -0.2) is 9.37 Å². The number of anilines is 2. The average molecular weight is 512 g/mol. The number of amides is 2. The zero-order chi connectivity index (χ0) is 25.5. The smallest absolute Gasteiger partial charge is 0.254 e. The predicted octanol–water partition coefficient (Wildman–Crippen LogP) is 5.31. The molecular weight excluding hydrogens is 489 g/mol. The fourth-order valence-corrected chi connectivity index (χ4v) is 5.17. The van der Waals surface area contributed by atoms with E-state index >= 15 is 4.39 Å². The molecule has 1 fully saturated rings. The number of aromatic nitrogens is 2. The molecule has 3 aromatic carbocycles. The third kappa shape index (κ3) is 4.38. The number of likely N-dealkylation sites (N-methyl/N-ethyl adjacent to an activating group) is 1. The molecule has 0 bridgehead atoms. The molecule has 0 saturated carbocycles. The Balaban J connectivity index is 1.27. The van der Waals surface area contributed by atoms with Gasteiger partial charge in [0, 0.05) is 54.2 Å². The molecule has 3 heterocycles. The number of thiazole rings is 1. The highest BCUT2D eigenvalue weighted by atomic mass is 32.1. The van der Waals surface area contributed by atoms with Crippen molar-refractivity contribution in [3.05, 3.63) is 83.8 Å². The first-order chi connectivity index (χ1) is 18.0. The molecule has 1 saturated heterocycles. The van der Waals surface area contributed by atoms with Gasteiger partial charge in [0.25, 0.3) is 5.91 Å². The molecule has 7 nitrogen and oxygen atoms in total. The number of nitrogens with one attached hydrogen (secondary N) is 1. The number of carbonyl (C=O) groups is 2. The van der Waals surface area contributed by atoms with Crippen molar-refractivity contribution in [1.82, 2.24) is 19.8 Å². The Kier molecular flexibility index (Phi) is 5.77. The number of nitrogens with zero attached hydrogens (tertiary/aromatic N) is 4. The summed E-state index contributed by atoms with van der Waals surface area (Å²) in [4.78, 5) is 36.7. The van der Waals surface area contributed by atoms with E-state index in [-0.39, 0.29) is 23.9 Å². The summed E-state index contributed by atoms with van der Waals surface area (Å²) >= 11 is 1.60. The van der Waals surface area contributed by atoms with Crippen LogP contribution in [-0.4, -0.2) is 58.3 Å². The standard InChI is InChI=1S/C28H22FN5O2S/c1-33-10-11-34(15-27(33)35)28(36)18-3-5-20(22(29)12-18)17-2-6-21-23(8-9-30-24(21)13-17)32-19-4-7-26-25(14-19)31-16-37-26/h2-9,12-14,16H,10-11,15H2,1H3,(H,30,32). The Morgan fingerprint density at radius 3 is 2.73 bits per heavy atom. The Bertz CT molecular complexity index is 1680. The number of fused-ring (bicyclic) bond motifs is 2. The highest BCUT2D eigenvalue weighted by Crippen LogP contribution is 2.32. The Morgan fingerprint density at radius 2 is 1.89 bits per heavy atom. The highest BCUT2D eigenvalue weighted by Gasteiger charge is 2.26. The van der Waals surface area contributed by atoms with Crippen LogP contribution in [0.25, 0.3) is 32.2 Å². The van der Waals surface area contributed by atoms with E-state index in [4.69, 9.17) is 0 Å². The molecule has 184 valence electrons. The van der Waals surface area contributed by atoms with Crippen LogP contribution in [-0.2, 0) is 4.79 Å². The van der Waals surface area contributed by atoms with Crippen molar-refractivity contribution in [2.75, 3.05) is 32.0 Å². The van der Waals surface area contributed by atoms with Crippen molar-refractivity contribution in [1.29, 1.82) is 0 Å². The van der Waals surface area contributed by atoms with E-state index in [1.165, 1.54) is 11.0 Å². The Morgan fingerprint density at radius 1 is 1.00 bits per heavy atom. The van der Waals surface area contributed by atoms with Crippen LogP contribution < -0.4 is 5.32 Å². The van der Waals surface area contributed by atoms with Gasteiger partial charge in [-0.1, -0.05) is 18.2 Å². The summed E-state index contributed by atoms with van der Waals surface area (Å²) in [6.45, 7) is 0.892. The van der Waals surface area contributed by atoms with E-state index in [0.29, 0.717) is 29.7 Å². The van der Waals surface area contributed by atoms with Crippen molar-refractivity contribution in [3.8, 4) is 11.1 Å². The van der Waals surface area contributed by atoms with Crippen molar-refractivity contribution in [2.24, 2.45) is 0 Å². The minimum absolute atomic E-state index is 0.00302. The molecule has 37 heavy (non-hydrogen) atoms. The van der Waals surface area contributed by atoms with Crippen LogP contribution in [0.5, 0.6) is 0 Å². The summed E-state index contributed by atoms with van der Waals surface area (Å²) in [5.74, 6) is -0.979. The molecule has 6 rings (SSSR count). The fraction of sp³-hybridized carbons (Fsp3) is 0.143. The van der Waals surface area contributed by atoms with Crippen LogP contribution in [0.4, 0.5) is 15.8 Å². The zero-order valence-corrected chi connectivity index (χ0v) is 20.8. The lowest BCUT2D eigenvalue weighted by atomic mass is 10.0. The van der Waals surface area contributed by atoms with Crippen molar-refractivity contribution in [2.45, 2.75) is 0 Å². The number of benzene rings is 3. The minimum atomic E-state index is -0.503. The van der Waals surface area contributed by atoms with E-state index in [0.717, 1.165) is 27.0 Å². The first kappa shape index (κ1) is 23.1. The van der Waals surface area contributed by atoms with Crippen molar-refractivity contribution >= 4 is 55.6 Å². The lowest BCUT2D eigenvalue weighted by Gasteiger charge is -2.32. The van der Waals surface area contributed by atoms with Gasteiger partial charge in [0.1, 0.15) is 12.4 Å². The van der Waals surface area contributed by atoms with Gasteiger partial charge in [0.2, 0.25) is 5.91 Å². The molecule has 0 unspecified atom stereocenters. The molecule has 1 aliphatic rings. The SMILES string of the molecule is CN1CCN(C(=O)c2ccc(-c3ccc4c(Nc5ccc6scnc6c5)ccnc4c3)c(F)c2)CC1=O. The first-order valence-corrected chi connectivity index (χ1v) is 12.7. The second kappa shape index (κ2) is 9.25. The largest absolute Gasteiger partial charge is 0.355 e. The van der Waals surface area contributed by atoms with E-state index in [2.05, 4.69) is 15.3 Å². The zero-order valence-electron chi connectivity index (χ0n) is 19.9. The van der Waals surface area contributed by atoms with Gasteiger partial charge in [0.15, 0.2) is 0 Å². The highest BCUT2D eigenvalue weighted by molar-refractivity contribution is 7.16. The number of halogens is 1. The monoisotopic (exact) mass is 511 g/mol. The van der Waals surface area contributed by atoms with Crippen LogP contribution in [0.3, 0.4) is 0 Å². The number of carbonyl (C=O) groups excluding carboxylic acids is 2. The summed E-state index contributed by atoms with van der Waals surface area (Å²) in [6.07, 6.45) is 1.71. The van der Waals surface area contributed by atoms with Crippen LogP contribution in [0, 0.1) is 5.82 Å². The second-order valence-corrected chi connectivity index (χ2v) is 9.87. The fourth-order valence-electron chi connectivity index (χ4n) is 4.51. The van der Waals surface area contributed by atoms with Gasteiger partial charge in [-0.15, -0.1) is 11.3 Å². The predicted molar refractivity (Wildman–Crippen MR) is 144 cm³/mol. The molecule has 2 aromatic heterocycles. The Labute approximate surface area is 216 Å². The van der Waals surface area contributed by atoms with Crippen LogP contribution in [0.1, 0.15) is 10.4 Å². The van der Waals surface area contributed by atoms with Gasteiger partial charge in [-0.2, -0.15) is 0 Å². The van der Waals surface area contributed by atoms with Gasteiger partial charge in [-0.3, -0.25) is 14.6 Å². The maximum absolute atomic E-state index is 15.2. The molecule has 5 aromatic rings. The molecular formula is C28H22FN5O2S. The molecule has 0 spiro atoms. The normalized spacial score (nSPS) is 13.9. The van der Waals surface area contributed by atoms with Crippen LogP contribution in [0.15, 0.2) is 72.4 Å². The molecule has 1 N–H and O–H groups in total. The summed E-state index contributed by atoms with van der Waals surface area (Å²) < 4.78 is 16.3. The quantitative estimate of drug-likeness (QED) is 0.354. The summed E-state index contributed by atoms with van der Waals surface area (Å²) in [7, 11) is 1.71. The molecule has 2 amide bonds. The summed E-state index contributed by atoms with van der Waals surface area (Å²) in [6, 6.07) is 18.0. The number of rotatable bonds is 4. The van der Waals surface area contributed by atoms with Gasteiger partial charge >= 0.3 is 0 Å². The number of hydrogen-bond acceptors (Lipinski definition) is 6. The lowest BCUT2D eigenvalue weighted by Crippen LogP contribution is -2.50. The topological polar surface area (TPSA) is 78.4 Å². The van der Waals surface area contributed by atoms with E-state index < -0.39 is 5.82 Å². The van der Waals surface area contributed by atoms with Crippen LogP contribution in [0.2, 0.25) is 0 Å². The molecule has 9 heteroatoms. The average Bonchev–Trinajstić information content (AvgIpc) is 3.38. The molecule has 0 atom stereocenters. The Hall–Kier alpha value is -4.37. The van der Waals surface area contributed by atoms with Gasteiger partial charge in [0.05, 0.1) is 21.2 Å². The summed E-state index contributed by atoms with van der Waals surface area (Å²) in [5.41, 5.74) is 6.54. The number of pyridine rings is 1. The minimum Gasteiger partial charge on any atom is -0.355 e. The van der Waals surface area contributed by atoms with E-state index in [1.807, 2.05) is 48.0 Å². The molecule has 1 aliphatic heterocycles. The van der Waals surface area contributed by atoms with E-state index in [1.54, 1.807) is 41.6 Å². The molecule has 0 radical (unpaired) electrons. The third-order valence-corrected chi connectivity index (χ3v) is 7.43. The second-order valence-electron chi connectivity index (χ2n) is 8.99. The van der Waals surface area contributed by atoms with Gasteiger partial charge in [-0.05, 0) is 48.0 Å². The van der Waals surface area contributed by atoms with E-state index in [9.17, 15) is 9.59 Å². The lowest BCUT2D eigenvalue weighted by molar-refractivity contribution is -0.133. The van der Waals surface area contributed by atoms with Gasteiger partial charge < -0.3 is 15.1 Å². The third-order valence-electron chi connectivity index (χ3n) is 6.62.